The monoisotopic (exact) mass is 286 g/mol. The minimum atomic E-state index is -0.532. The number of nitro groups is 1. The second-order valence-electron chi connectivity index (χ2n) is 4.77. The van der Waals surface area contributed by atoms with Crippen molar-refractivity contribution >= 4 is 17.3 Å². The summed E-state index contributed by atoms with van der Waals surface area (Å²) in [6.07, 6.45) is 0. The third-order valence-electron chi connectivity index (χ3n) is 2.99. The Morgan fingerprint density at radius 3 is 2.52 bits per heavy atom. The van der Waals surface area contributed by atoms with E-state index in [-0.39, 0.29) is 17.0 Å². The van der Waals surface area contributed by atoms with Crippen molar-refractivity contribution in [2.45, 2.75) is 13.8 Å². The summed E-state index contributed by atoms with van der Waals surface area (Å²) in [6.45, 7) is 3.43. The number of anilines is 1. The molecule has 2 aromatic carbocycles. The average Bonchev–Trinajstić information content (AvgIpc) is 2.41. The lowest BCUT2D eigenvalue weighted by Crippen LogP contribution is -2.13. The minimum Gasteiger partial charge on any atom is -0.508 e. The molecule has 0 aliphatic rings. The van der Waals surface area contributed by atoms with Gasteiger partial charge in [-0.1, -0.05) is 0 Å². The van der Waals surface area contributed by atoms with Crippen molar-refractivity contribution in [2.24, 2.45) is 0 Å². The molecular weight excluding hydrogens is 272 g/mol. The first-order chi connectivity index (χ1) is 9.86. The van der Waals surface area contributed by atoms with Crippen LogP contribution in [0.4, 0.5) is 11.4 Å². The molecule has 6 nitrogen and oxygen atoms in total. The van der Waals surface area contributed by atoms with E-state index in [4.69, 9.17) is 0 Å². The molecule has 0 aromatic heterocycles. The van der Waals surface area contributed by atoms with E-state index in [0.717, 1.165) is 0 Å². The standard InChI is InChI=1S/C15H14N2O4/c1-9-5-11(8-12(6-9)17(20)21)15(19)16-14-4-3-13(18)7-10(14)2/h3-8,18H,1-2H3,(H,16,19). The van der Waals surface area contributed by atoms with Crippen molar-refractivity contribution < 1.29 is 14.8 Å². The van der Waals surface area contributed by atoms with Crippen molar-refractivity contribution in [3.8, 4) is 5.75 Å². The number of amides is 1. The molecule has 0 aliphatic carbocycles. The summed E-state index contributed by atoms with van der Waals surface area (Å²) in [5.74, 6) is -0.327. The largest absolute Gasteiger partial charge is 0.508 e. The van der Waals surface area contributed by atoms with Gasteiger partial charge in [-0.25, -0.2) is 0 Å². The Bertz CT molecular complexity index is 726. The molecule has 108 valence electrons. The van der Waals surface area contributed by atoms with Crippen LogP contribution in [0.1, 0.15) is 21.5 Å². The van der Waals surface area contributed by atoms with Crippen LogP contribution in [0.5, 0.6) is 5.75 Å². The van der Waals surface area contributed by atoms with Gasteiger partial charge in [-0.3, -0.25) is 14.9 Å². The molecule has 0 saturated carbocycles. The molecule has 21 heavy (non-hydrogen) atoms. The third-order valence-corrected chi connectivity index (χ3v) is 2.99. The Morgan fingerprint density at radius 2 is 1.90 bits per heavy atom. The van der Waals surface area contributed by atoms with E-state index in [1.165, 1.54) is 24.3 Å². The van der Waals surface area contributed by atoms with Crippen LogP contribution in [0.2, 0.25) is 0 Å². The fourth-order valence-electron chi connectivity index (χ4n) is 1.98. The highest BCUT2D eigenvalue weighted by molar-refractivity contribution is 6.05. The number of nitrogens with zero attached hydrogens (tertiary/aromatic N) is 1. The number of phenolic OH excluding ortho intramolecular Hbond substituents is 1. The first-order valence-electron chi connectivity index (χ1n) is 6.24. The highest BCUT2D eigenvalue weighted by Crippen LogP contribution is 2.22. The number of carbonyl (C=O) groups is 1. The fraction of sp³-hybridized carbons (Fsp3) is 0.133. The molecule has 2 aromatic rings. The average molecular weight is 286 g/mol. The normalized spacial score (nSPS) is 10.2. The zero-order valence-electron chi connectivity index (χ0n) is 11.6. The molecule has 0 bridgehead atoms. The van der Waals surface area contributed by atoms with E-state index in [9.17, 15) is 20.0 Å². The second kappa shape index (κ2) is 5.62. The van der Waals surface area contributed by atoms with Crippen LogP contribution in [0.15, 0.2) is 36.4 Å². The van der Waals surface area contributed by atoms with E-state index in [2.05, 4.69) is 5.32 Å². The summed E-state index contributed by atoms with van der Waals surface area (Å²) in [5, 5.41) is 22.8. The fourth-order valence-corrected chi connectivity index (χ4v) is 1.98. The molecule has 0 fully saturated rings. The predicted molar refractivity (Wildman–Crippen MR) is 78.6 cm³/mol. The number of phenols is 1. The number of benzene rings is 2. The molecule has 0 unspecified atom stereocenters. The number of non-ortho nitro benzene ring substituents is 1. The van der Waals surface area contributed by atoms with Gasteiger partial charge in [0.05, 0.1) is 4.92 Å². The van der Waals surface area contributed by atoms with Crippen LogP contribution in [-0.2, 0) is 0 Å². The van der Waals surface area contributed by atoms with Crippen LogP contribution >= 0.6 is 0 Å². The van der Waals surface area contributed by atoms with Crippen LogP contribution in [-0.4, -0.2) is 15.9 Å². The molecule has 0 aliphatic heterocycles. The maximum Gasteiger partial charge on any atom is 0.270 e. The van der Waals surface area contributed by atoms with Crippen LogP contribution in [0.25, 0.3) is 0 Å². The Kier molecular flexibility index (Phi) is 3.89. The molecular formula is C15H14N2O4. The van der Waals surface area contributed by atoms with Gasteiger partial charge in [0.15, 0.2) is 0 Å². The number of hydrogen-bond acceptors (Lipinski definition) is 4. The summed E-state index contributed by atoms with van der Waals surface area (Å²) in [6, 6.07) is 8.78. The topological polar surface area (TPSA) is 92.5 Å². The number of rotatable bonds is 3. The molecule has 0 saturated heterocycles. The first kappa shape index (κ1) is 14.5. The Balaban J connectivity index is 2.30. The predicted octanol–water partition coefficient (Wildman–Crippen LogP) is 3.17. The number of aryl methyl sites for hydroxylation is 2. The Hall–Kier alpha value is -2.89. The lowest BCUT2D eigenvalue weighted by atomic mass is 10.1. The van der Waals surface area contributed by atoms with Crippen molar-refractivity contribution in [2.75, 3.05) is 5.32 Å². The quantitative estimate of drug-likeness (QED) is 0.515. The summed E-state index contributed by atoms with van der Waals surface area (Å²) < 4.78 is 0. The van der Waals surface area contributed by atoms with Gasteiger partial charge < -0.3 is 10.4 Å². The van der Waals surface area contributed by atoms with Gasteiger partial charge in [0.1, 0.15) is 5.75 Å². The molecule has 6 heteroatoms. The molecule has 0 spiro atoms. The highest BCUT2D eigenvalue weighted by atomic mass is 16.6. The zero-order chi connectivity index (χ0) is 15.6. The van der Waals surface area contributed by atoms with E-state index in [1.807, 2.05) is 0 Å². The van der Waals surface area contributed by atoms with E-state index >= 15 is 0 Å². The van der Waals surface area contributed by atoms with Crippen LogP contribution in [0.3, 0.4) is 0 Å². The van der Waals surface area contributed by atoms with Gasteiger partial charge in [0.2, 0.25) is 0 Å². The van der Waals surface area contributed by atoms with Crippen molar-refractivity contribution in [3.63, 3.8) is 0 Å². The van der Waals surface area contributed by atoms with E-state index < -0.39 is 10.8 Å². The minimum absolute atomic E-state index is 0.108. The Labute approximate surface area is 121 Å². The van der Waals surface area contributed by atoms with E-state index in [0.29, 0.717) is 16.8 Å². The van der Waals surface area contributed by atoms with Crippen molar-refractivity contribution in [3.05, 3.63) is 63.2 Å². The first-order valence-corrected chi connectivity index (χ1v) is 6.24. The number of aromatic hydroxyl groups is 1. The highest BCUT2D eigenvalue weighted by Gasteiger charge is 2.14. The van der Waals surface area contributed by atoms with Gasteiger partial charge in [-0.15, -0.1) is 0 Å². The van der Waals surface area contributed by atoms with Crippen LogP contribution < -0.4 is 5.32 Å². The molecule has 2 rings (SSSR count). The van der Waals surface area contributed by atoms with Gasteiger partial charge in [-0.05, 0) is 49.2 Å². The lowest BCUT2D eigenvalue weighted by Gasteiger charge is -2.09. The molecule has 2 N–H and O–H groups in total. The molecule has 0 radical (unpaired) electrons. The van der Waals surface area contributed by atoms with Gasteiger partial charge in [0, 0.05) is 23.4 Å². The summed E-state index contributed by atoms with van der Waals surface area (Å²) in [4.78, 5) is 22.5. The smallest absolute Gasteiger partial charge is 0.270 e. The SMILES string of the molecule is Cc1cc(C(=O)Nc2ccc(O)cc2C)cc([N+](=O)[O-])c1. The van der Waals surface area contributed by atoms with E-state index in [1.54, 1.807) is 26.0 Å². The number of hydrogen-bond donors (Lipinski definition) is 2. The Morgan fingerprint density at radius 1 is 1.19 bits per heavy atom. The maximum absolute atomic E-state index is 12.2. The molecule has 0 heterocycles. The summed E-state index contributed by atoms with van der Waals surface area (Å²) in [5.41, 5.74) is 1.97. The van der Waals surface area contributed by atoms with Gasteiger partial charge >= 0.3 is 0 Å². The van der Waals surface area contributed by atoms with Gasteiger partial charge in [-0.2, -0.15) is 0 Å². The number of nitrogens with one attached hydrogen (secondary N) is 1. The molecule has 0 atom stereocenters. The van der Waals surface area contributed by atoms with Crippen molar-refractivity contribution in [1.29, 1.82) is 0 Å². The number of nitro benzene ring substituents is 1. The lowest BCUT2D eigenvalue weighted by molar-refractivity contribution is -0.384. The van der Waals surface area contributed by atoms with Crippen molar-refractivity contribution in [1.82, 2.24) is 0 Å². The summed E-state index contributed by atoms with van der Waals surface area (Å²) >= 11 is 0. The number of carbonyl (C=O) groups excluding carboxylic acids is 1. The summed E-state index contributed by atoms with van der Waals surface area (Å²) in [7, 11) is 0. The van der Waals surface area contributed by atoms with Crippen LogP contribution in [0, 0.1) is 24.0 Å². The maximum atomic E-state index is 12.2. The third kappa shape index (κ3) is 3.36. The molecule has 1 amide bonds. The zero-order valence-corrected chi connectivity index (χ0v) is 11.6. The van der Waals surface area contributed by atoms with Gasteiger partial charge in [0.25, 0.3) is 11.6 Å². The second-order valence-corrected chi connectivity index (χ2v) is 4.77.